The van der Waals surface area contributed by atoms with Crippen LogP contribution in [0.15, 0.2) is 84.1 Å². The van der Waals surface area contributed by atoms with E-state index in [2.05, 4.69) is 25.5 Å². The molecule has 0 aliphatic rings. The number of rotatable bonds is 7. The zero-order valence-corrected chi connectivity index (χ0v) is 20.8. The highest BCUT2D eigenvalue weighted by molar-refractivity contribution is 7.99. The molecule has 0 saturated heterocycles. The molecule has 2 N–H and O–H groups in total. The Morgan fingerprint density at radius 1 is 1.08 bits per heavy atom. The summed E-state index contributed by atoms with van der Waals surface area (Å²) in [6.07, 6.45) is 1.93. The van der Waals surface area contributed by atoms with Crippen molar-refractivity contribution in [1.29, 1.82) is 0 Å². The van der Waals surface area contributed by atoms with Gasteiger partial charge in [0.25, 0.3) is 0 Å². The molecule has 6 rings (SSSR count). The molecule has 10 heteroatoms. The minimum atomic E-state index is -0.159. The van der Waals surface area contributed by atoms with Crippen LogP contribution < -0.4 is 10.1 Å². The van der Waals surface area contributed by atoms with Crippen molar-refractivity contribution in [3.8, 4) is 22.8 Å². The van der Waals surface area contributed by atoms with Gasteiger partial charge in [-0.05, 0) is 30.3 Å². The largest absolute Gasteiger partial charge is 0.497 e. The lowest BCUT2D eigenvalue weighted by molar-refractivity contribution is -0.113. The van der Waals surface area contributed by atoms with Crippen molar-refractivity contribution in [1.82, 2.24) is 24.7 Å². The van der Waals surface area contributed by atoms with E-state index in [0.717, 1.165) is 38.1 Å². The normalized spacial score (nSPS) is 11.2. The van der Waals surface area contributed by atoms with Crippen LogP contribution in [-0.4, -0.2) is 43.5 Å². The Morgan fingerprint density at radius 2 is 1.94 bits per heavy atom. The topological polar surface area (TPSA) is 97.7 Å². The van der Waals surface area contributed by atoms with E-state index in [9.17, 15) is 4.79 Å². The standard InChI is InChI=1S/C26H20N6O2S2/c1-34-17-8-6-7-16(13-17)32-24(19-14-27-20-10-3-2-9-18(19)20)30-31-26(32)35-15-23(33)29-25-28-21-11-4-5-12-22(21)36-25/h2-14,27H,15H2,1H3,(H,28,29,33). The fourth-order valence-electron chi connectivity index (χ4n) is 3.99. The molecule has 0 aliphatic heterocycles. The number of hydrogen-bond acceptors (Lipinski definition) is 7. The van der Waals surface area contributed by atoms with Gasteiger partial charge in [0.15, 0.2) is 16.1 Å². The number of carbonyl (C=O) groups excluding carboxylic acids is 1. The molecule has 0 aliphatic carbocycles. The number of aromatic nitrogens is 5. The number of fused-ring (bicyclic) bond motifs is 2. The second-order valence-electron chi connectivity index (χ2n) is 7.91. The number of benzene rings is 3. The third kappa shape index (κ3) is 4.21. The number of nitrogens with zero attached hydrogens (tertiary/aromatic N) is 4. The number of carbonyl (C=O) groups is 1. The summed E-state index contributed by atoms with van der Waals surface area (Å²) in [5.41, 5.74) is 3.64. The average Bonchev–Trinajstić information content (AvgIpc) is 3.63. The lowest BCUT2D eigenvalue weighted by Crippen LogP contribution is -2.14. The molecule has 6 aromatic rings. The third-order valence-corrected chi connectivity index (χ3v) is 7.53. The van der Waals surface area contributed by atoms with Crippen LogP contribution in [0.5, 0.6) is 5.75 Å². The number of ether oxygens (including phenoxy) is 1. The van der Waals surface area contributed by atoms with Gasteiger partial charge >= 0.3 is 0 Å². The summed E-state index contributed by atoms with van der Waals surface area (Å²) in [5, 5.41) is 14.1. The van der Waals surface area contributed by atoms with E-state index < -0.39 is 0 Å². The Balaban J connectivity index is 1.32. The van der Waals surface area contributed by atoms with Gasteiger partial charge in [0.2, 0.25) is 5.91 Å². The van der Waals surface area contributed by atoms with Crippen LogP contribution in [0.3, 0.4) is 0 Å². The van der Waals surface area contributed by atoms with Gasteiger partial charge in [-0.2, -0.15) is 0 Å². The van der Waals surface area contributed by atoms with E-state index in [1.54, 1.807) is 7.11 Å². The molecule has 0 spiro atoms. The molecule has 8 nitrogen and oxygen atoms in total. The van der Waals surface area contributed by atoms with Crippen molar-refractivity contribution < 1.29 is 9.53 Å². The molecule has 1 amide bonds. The van der Waals surface area contributed by atoms with Gasteiger partial charge in [-0.3, -0.25) is 9.36 Å². The number of para-hydroxylation sites is 2. The number of hydrogen-bond donors (Lipinski definition) is 2. The molecule has 0 atom stereocenters. The van der Waals surface area contributed by atoms with Gasteiger partial charge in [0.05, 0.1) is 28.8 Å². The fourth-order valence-corrected chi connectivity index (χ4v) is 5.62. The summed E-state index contributed by atoms with van der Waals surface area (Å²) >= 11 is 2.77. The number of amides is 1. The number of nitrogens with one attached hydrogen (secondary N) is 2. The smallest absolute Gasteiger partial charge is 0.236 e. The summed E-state index contributed by atoms with van der Waals surface area (Å²) in [6, 6.07) is 23.5. The molecular weight excluding hydrogens is 492 g/mol. The van der Waals surface area contributed by atoms with E-state index >= 15 is 0 Å². The van der Waals surface area contributed by atoms with Crippen molar-refractivity contribution >= 4 is 55.3 Å². The van der Waals surface area contributed by atoms with Crippen molar-refractivity contribution in [3.05, 3.63) is 79.0 Å². The molecule has 3 aromatic heterocycles. The quantitative estimate of drug-likeness (QED) is 0.264. The van der Waals surface area contributed by atoms with Gasteiger partial charge in [-0.25, -0.2) is 4.98 Å². The lowest BCUT2D eigenvalue weighted by atomic mass is 10.1. The van der Waals surface area contributed by atoms with Gasteiger partial charge in [0, 0.05) is 28.7 Å². The highest BCUT2D eigenvalue weighted by Crippen LogP contribution is 2.33. The van der Waals surface area contributed by atoms with Crippen molar-refractivity contribution in [2.45, 2.75) is 5.16 Å². The second-order valence-corrected chi connectivity index (χ2v) is 9.89. The summed E-state index contributed by atoms with van der Waals surface area (Å²) in [5.74, 6) is 1.39. The van der Waals surface area contributed by atoms with Gasteiger partial charge in [-0.1, -0.05) is 59.5 Å². The van der Waals surface area contributed by atoms with E-state index in [0.29, 0.717) is 16.1 Å². The number of H-pyrrole nitrogens is 1. The molecule has 3 heterocycles. The molecule has 0 unspecified atom stereocenters. The molecule has 0 radical (unpaired) electrons. The predicted molar refractivity (Wildman–Crippen MR) is 144 cm³/mol. The van der Waals surface area contributed by atoms with Crippen molar-refractivity contribution in [2.75, 3.05) is 18.2 Å². The number of thioether (sulfide) groups is 1. The van der Waals surface area contributed by atoms with Crippen LogP contribution in [0.2, 0.25) is 0 Å². The fraction of sp³-hybridized carbons (Fsp3) is 0.0769. The first-order chi connectivity index (χ1) is 17.7. The third-order valence-electron chi connectivity index (χ3n) is 5.65. The maximum atomic E-state index is 12.8. The van der Waals surface area contributed by atoms with E-state index in [-0.39, 0.29) is 11.7 Å². The summed E-state index contributed by atoms with van der Waals surface area (Å²) in [7, 11) is 1.63. The summed E-state index contributed by atoms with van der Waals surface area (Å²) in [6.45, 7) is 0. The average molecular weight is 513 g/mol. The minimum Gasteiger partial charge on any atom is -0.497 e. The van der Waals surface area contributed by atoms with Gasteiger partial charge in [0.1, 0.15) is 5.75 Å². The molecule has 178 valence electrons. The predicted octanol–water partition coefficient (Wildman–Crippen LogP) is 5.76. The van der Waals surface area contributed by atoms with Crippen molar-refractivity contribution in [3.63, 3.8) is 0 Å². The highest BCUT2D eigenvalue weighted by atomic mass is 32.2. The Hall–Kier alpha value is -4.15. The minimum absolute atomic E-state index is 0.159. The van der Waals surface area contributed by atoms with Crippen LogP contribution in [0, 0.1) is 0 Å². The van der Waals surface area contributed by atoms with Crippen LogP contribution in [0.1, 0.15) is 0 Å². The first-order valence-electron chi connectivity index (χ1n) is 11.1. The summed E-state index contributed by atoms with van der Waals surface area (Å²) in [4.78, 5) is 20.6. The number of thiazole rings is 1. The van der Waals surface area contributed by atoms with E-state index in [1.807, 2.05) is 83.6 Å². The van der Waals surface area contributed by atoms with E-state index in [4.69, 9.17) is 4.74 Å². The van der Waals surface area contributed by atoms with Crippen LogP contribution >= 0.6 is 23.1 Å². The van der Waals surface area contributed by atoms with E-state index in [1.165, 1.54) is 23.1 Å². The van der Waals surface area contributed by atoms with Crippen LogP contribution in [0.4, 0.5) is 5.13 Å². The molecule has 0 bridgehead atoms. The Morgan fingerprint density at radius 3 is 2.83 bits per heavy atom. The van der Waals surface area contributed by atoms with Gasteiger partial charge < -0.3 is 15.0 Å². The first kappa shape index (κ1) is 22.3. The maximum Gasteiger partial charge on any atom is 0.236 e. The Labute approximate surface area is 214 Å². The molecule has 0 fully saturated rings. The zero-order chi connectivity index (χ0) is 24.5. The Kier molecular flexibility index (Phi) is 5.88. The van der Waals surface area contributed by atoms with Gasteiger partial charge in [-0.15, -0.1) is 10.2 Å². The molecule has 36 heavy (non-hydrogen) atoms. The maximum absolute atomic E-state index is 12.8. The number of aromatic amines is 1. The molecule has 0 saturated carbocycles. The Bertz CT molecular complexity index is 1670. The highest BCUT2D eigenvalue weighted by Gasteiger charge is 2.20. The zero-order valence-electron chi connectivity index (χ0n) is 19.1. The van der Waals surface area contributed by atoms with Crippen LogP contribution in [-0.2, 0) is 4.79 Å². The SMILES string of the molecule is COc1cccc(-n2c(SCC(=O)Nc3nc4ccccc4s3)nnc2-c2c[nH]c3ccccc23)c1. The summed E-state index contributed by atoms with van der Waals surface area (Å²) < 4.78 is 8.43. The number of anilines is 1. The lowest BCUT2D eigenvalue weighted by Gasteiger charge is -2.11. The second kappa shape index (κ2) is 9.48. The monoisotopic (exact) mass is 512 g/mol. The van der Waals surface area contributed by atoms with Crippen LogP contribution in [0.25, 0.3) is 38.2 Å². The molecule has 3 aromatic carbocycles. The molecular formula is C26H20N6O2S2. The number of methoxy groups -OCH3 is 1. The first-order valence-corrected chi connectivity index (χ1v) is 12.9. The van der Waals surface area contributed by atoms with Crippen molar-refractivity contribution in [2.24, 2.45) is 0 Å².